The Kier molecular flexibility index (Phi) is 2.86. The van der Waals surface area contributed by atoms with Crippen molar-refractivity contribution in [3.05, 3.63) is 42.4 Å². The molecule has 2 aromatic heterocycles. The summed E-state index contributed by atoms with van der Waals surface area (Å²) in [5, 5.41) is 1.19. The van der Waals surface area contributed by atoms with Crippen LogP contribution < -0.4 is 5.73 Å². The van der Waals surface area contributed by atoms with E-state index in [0.29, 0.717) is 6.54 Å². The monoisotopic (exact) mass is 240 g/mol. The third-order valence-corrected chi connectivity index (χ3v) is 3.12. The lowest BCUT2D eigenvalue weighted by atomic mass is 10.2. The van der Waals surface area contributed by atoms with Crippen LogP contribution in [-0.2, 0) is 6.42 Å². The van der Waals surface area contributed by atoms with Gasteiger partial charge in [0.15, 0.2) is 0 Å². The minimum absolute atomic E-state index is 0.710. The van der Waals surface area contributed by atoms with E-state index in [2.05, 4.69) is 27.1 Å². The molecule has 4 N–H and O–H groups in total. The fourth-order valence-electron chi connectivity index (χ4n) is 2.18. The maximum absolute atomic E-state index is 5.51. The third-order valence-electron chi connectivity index (χ3n) is 3.12. The molecule has 0 fully saturated rings. The summed E-state index contributed by atoms with van der Waals surface area (Å²) < 4.78 is 0. The number of nitrogens with zero attached hydrogens (tertiary/aromatic N) is 1. The smallest absolute Gasteiger partial charge is 0.139 e. The van der Waals surface area contributed by atoms with E-state index >= 15 is 0 Å². The summed E-state index contributed by atoms with van der Waals surface area (Å²) in [6.45, 7) is 0.710. The van der Waals surface area contributed by atoms with Gasteiger partial charge in [-0.05, 0) is 25.5 Å². The molecule has 92 valence electrons. The molecule has 0 amide bonds. The van der Waals surface area contributed by atoms with E-state index in [1.807, 2.05) is 24.5 Å². The van der Waals surface area contributed by atoms with Crippen molar-refractivity contribution in [3.63, 3.8) is 0 Å². The maximum atomic E-state index is 5.51. The Morgan fingerprint density at radius 1 is 1.22 bits per heavy atom. The largest absolute Gasteiger partial charge is 0.360 e. The predicted molar refractivity (Wildman–Crippen MR) is 73.3 cm³/mol. The van der Waals surface area contributed by atoms with Gasteiger partial charge in [-0.25, -0.2) is 4.98 Å². The molecule has 0 aliphatic rings. The Balaban J connectivity index is 1.96. The van der Waals surface area contributed by atoms with Crippen molar-refractivity contribution in [2.24, 2.45) is 5.73 Å². The van der Waals surface area contributed by atoms with Crippen LogP contribution >= 0.6 is 0 Å². The molecule has 0 spiro atoms. The summed E-state index contributed by atoms with van der Waals surface area (Å²) in [6, 6.07) is 8.23. The van der Waals surface area contributed by atoms with Gasteiger partial charge in [0.25, 0.3) is 0 Å². The first-order valence-corrected chi connectivity index (χ1v) is 6.19. The highest BCUT2D eigenvalue weighted by molar-refractivity contribution is 5.93. The highest BCUT2D eigenvalue weighted by atomic mass is 14.9. The van der Waals surface area contributed by atoms with Gasteiger partial charge in [0, 0.05) is 34.6 Å². The van der Waals surface area contributed by atoms with Crippen LogP contribution in [0.15, 0.2) is 36.7 Å². The van der Waals surface area contributed by atoms with E-state index < -0.39 is 0 Å². The molecule has 1 aromatic carbocycles. The Morgan fingerprint density at radius 2 is 2.11 bits per heavy atom. The average molecular weight is 240 g/mol. The normalized spacial score (nSPS) is 11.2. The van der Waals surface area contributed by atoms with Crippen LogP contribution in [0.1, 0.15) is 12.1 Å². The quantitative estimate of drug-likeness (QED) is 0.655. The van der Waals surface area contributed by atoms with Crippen LogP contribution in [0, 0.1) is 0 Å². The van der Waals surface area contributed by atoms with Gasteiger partial charge in [-0.1, -0.05) is 18.2 Å². The zero-order valence-corrected chi connectivity index (χ0v) is 10.1. The zero-order valence-electron chi connectivity index (χ0n) is 10.1. The highest BCUT2D eigenvalue weighted by Crippen LogP contribution is 2.26. The van der Waals surface area contributed by atoms with Gasteiger partial charge < -0.3 is 15.7 Å². The standard InChI is InChI=1S/C14H16N4/c15-7-3-4-10-8-17-14(18-10)12-9-16-13-6-2-1-5-11(12)13/h1-2,5-6,8-9,16H,3-4,7,15H2,(H,17,18). The van der Waals surface area contributed by atoms with E-state index in [-0.39, 0.29) is 0 Å². The molecule has 0 atom stereocenters. The molecule has 3 aromatic rings. The molecule has 2 heterocycles. The van der Waals surface area contributed by atoms with Gasteiger partial charge in [0.1, 0.15) is 5.82 Å². The fraction of sp³-hybridized carbons (Fsp3) is 0.214. The highest BCUT2D eigenvalue weighted by Gasteiger charge is 2.08. The Morgan fingerprint density at radius 3 is 3.00 bits per heavy atom. The molecule has 0 saturated heterocycles. The average Bonchev–Trinajstić information content (AvgIpc) is 3.02. The summed E-state index contributed by atoms with van der Waals surface area (Å²) >= 11 is 0. The number of H-pyrrole nitrogens is 2. The Bertz CT molecular complexity index is 650. The number of hydrogen-bond acceptors (Lipinski definition) is 2. The molecule has 0 unspecified atom stereocenters. The molecule has 0 aliphatic carbocycles. The van der Waals surface area contributed by atoms with Crippen LogP contribution in [0.5, 0.6) is 0 Å². The van der Waals surface area contributed by atoms with Crippen molar-refractivity contribution in [1.29, 1.82) is 0 Å². The SMILES string of the molecule is NCCCc1cnc(-c2c[nH]c3ccccc23)[nH]1. The lowest BCUT2D eigenvalue weighted by Gasteiger charge is -1.95. The molecule has 3 rings (SSSR count). The molecule has 4 nitrogen and oxygen atoms in total. The van der Waals surface area contributed by atoms with Crippen molar-refractivity contribution in [2.45, 2.75) is 12.8 Å². The number of nitrogens with two attached hydrogens (primary N) is 1. The number of aromatic amines is 2. The van der Waals surface area contributed by atoms with Crippen molar-refractivity contribution in [3.8, 4) is 11.4 Å². The van der Waals surface area contributed by atoms with E-state index in [0.717, 1.165) is 35.4 Å². The third kappa shape index (κ3) is 1.91. The molecule has 0 bridgehead atoms. The van der Waals surface area contributed by atoms with Crippen molar-refractivity contribution in [1.82, 2.24) is 15.0 Å². The summed E-state index contributed by atoms with van der Waals surface area (Å²) in [5.74, 6) is 0.916. The zero-order chi connectivity index (χ0) is 12.4. The van der Waals surface area contributed by atoms with Crippen LogP contribution in [-0.4, -0.2) is 21.5 Å². The number of para-hydroxylation sites is 1. The molecule has 4 heteroatoms. The van der Waals surface area contributed by atoms with E-state index in [1.165, 1.54) is 5.39 Å². The van der Waals surface area contributed by atoms with Gasteiger partial charge in [0.05, 0.1) is 0 Å². The number of benzene rings is 1. The number of aryl methyl sites for hydroxylation is 1. The summed E-state index contributed by atoms with van der Waals surface area (Å²) in [4.78, 5) is 11.1. The van der Waals surface area contributed by atoms with Crippen molar-refractivity contribution in [2.75, 3.05) is 6.54 Å². The fourth-order valence-corrected chi connectivity index (χ4v) is 2.18. The number of fused-ring (bicyclic) bond motifs is 1. The Hall–Kier alpha value is -2.07. The predicted octanol–water partition coefficient (Wildman–Crippen LogP) is 2.45. The van der Waals surface area contributed by atoms with Crippen LogP contribution in [0.4, 0.5) is 0 Å². The second kappa shape index (κ2) is 4.66. The number of rotatable bonds is 4. The summed E-state index contributed by atoms with van der Waals surface area (Å²) in [7, 11) is 0. The van der Waals surface area contributed by atoms with E-state index in [1.54, 1.807) is 0 Å². The molecule has 0 aliphatic heterocycles. The topological polar surface area (TPSA) is 70.5 Å². The Labute approximate surface area is 105 Å². The van der Waals surface area contributed by atoms with E-state index in [9.17, 15) is 0 Å². The lowest BCUT2D eigenvalue weighted by Crippen LogP contribution is -2.00. The van der Waals surface area contributed by atoms with Crippen molar-refractivity contribution < 1.29 is 0 Å². The van der Waals surface area contributed by atoms with Gasteiger partial charge in [-0.15, -0.1) is 0 Å². The number of nitrogens with one attached hydrogen (secondary N) is 2. The van der Waals surface area contributed by atoms with Gasteiger partial charge >= 0.3 is 0 Å². The minimum Gasteiger partial charge on any atom is -0.360 e. The number of hydrogen-bond donors (Lipinski definition) is 3. The van der Waals surface area contributed by atoms with E-state index in [4.69, 9.17) is 5.73 Å². The molecular formula is C14H16N4. The molecule has 0 radical (unpaired) electrons. The second-order valence-corrected chi connectivity index (χ2v) is 4.40. The first kappa shape index (κ1) is 11.0. The van der Waals surface area contributed by atoms with Crippen molar-refractivity contribution >= 4 is 10.9 Å². The molecular weight excluding hydrogens is 224 g/mol. The van der Waals surface area contributed by atoms with Gasteiger partial charge in [0.2, 0.25) is 0 Å². The summed E-state index contributed by atoms with van der Waals surface area (Å²) in [5.41, 5.74) is 8.90. The van der Waals surface area contributed by atoms with Crippen LogP contribution in [0.3, 0.4) is 0 Å². The van der Waals surface area contributed by atoms with Crippen LogP contribution in [0.25, 0.3) is 22.3 Å². The first-order valence-electron chi connectivity index (χ1n) is 6.19. The number of aromatic nitrogens is 3. The number of imidazole rings is 1. The maximum Gasteiger partial charge on any atom is 0.139 e. The minimum atomic E-state index is 0.710. The van der Waals surface area contributed by atoms with Crippen LogP contribution in [0.2, 0.25) is 0 Å². The lowest BCUT2D eigenvalue weighted by molar-refractivity contribution is 0.816. The van der Waals surface area contributed by atoms with Gasteiger partial charge in [-0.3, -0.25) is 0 Å². The molecule has 0 saturated carbocycles. The second-order valence-electron chi connectivity index (χ2n) is 4.40. The molecule has 18 heavy (non-hydrogen) atoms. The van der Waals surface area contributed by atoms with Gasteiger partial charge in [-0.2, -0.15) is 0 Å². The first-order chi connectivity index (χ1) is 8.88. The summed E-state index contributed by atoms with van der Waals surface area (Å²) in [6.07, 6.45) is 5.82.